The van der Waals surface area contributed by atoms with E-state index in [0.717, 1.165) is 46.3 Å². The molecule has 0 bridgehead atoms. The van der Waals surface area contributed by atoms with Crippen molar-refractivity contribution < 1.29 is 4.74 Å². The van der Waals surface area contributed by atoms with E-state index < -0.39 is 0 Å². The summed E-state index contributed by atoms with van der Waals surface area (Å²) in [6.07, 6.45) is 5.89. The maximum Gasteiger partial charge on any atom is 0.417 e. The van der Waals surface area contributed by atoms with Crippen LogP contribution in [0.3, 0.4) is 0 Å². The largest absolute Gasteiger partial charge is 0.457 e. The molecule has 0 saturated carbocycles. The van der Waals surface area contributed by atoms with Crippen molar-refractivity contribution in [2.45, 2.75) is 32.7 Å². The lowest BCUT2D eigenvalue weighted by molar-refractivity contribution is 0.483. The average Bonchev–Trinajstić information content (AvgIpc) is 3.75. The Bertz CT molecular complexity index is 2260. The number of rotatable bonds is 3. The van der Waals surface area contributed by atoms with Gasteiger partial charge in [0, 0.05) is 53.2 Å². The Morgan fingerprint density at radius 2 is 1.55 bits per heavy atom. The van der Waals surface area contributed by atoms with Gasteiger partial charge in [0.15, 0.2) is 0 Å². The minimum atomic E-state index is 0.0176. The van der Waals surface area contributed by atoms with Crippen molar-refractivity contribution in [2.75, 3.05) is 4.81 Å². The minimum absolute atomic E-state index is 0.0176. The van der Waals surface area contributed by atoms with Crippen LogP contribution in [0.15, 0.2) is 116 Å². The summed E-state index contributed by atoms with van der Waals surface area (Å²) >= 11 is 0. The van der Waals surface area contributed by atoms with Crippen molar-refractivity contribution in [3.8, 4) is 28.7 Å². The quantitative estimate of drug-likeness (QED) is 0.204. The molecule has 0 fully saturated rings. The van der Waals surface area contributed by atoms with Crippen molar-refractivity contribution in [1.82, 2.24) is 19.0 Å². The first-order valence-corrected chi connectivity index (χ1v) is 15.1. The van der Waals surface area contributed by atoms with Gasteiger partial charge in [-0.25, -0.2) is 9.97 Å². The van der Waals surface area contributed by atoms with Crippen LogP contribution >= 0.6 is 0 Å². The fourth-order valence-electron chi connectivity index (χ4n) is 7.02. The van der Waals surface area contributed by atoms with E-state index in [0.29, 0.717) is 0 Å². The summed E-state index contributed by atoms with van der Waals surface area (Å²) in [7, 11) is 0. The van der Waals surface area contributed by atoms with E-state index in [-0.39, 0.29) is 12.4 Å². The Morgan fingerprint density at radius 1 is 0.750 bits per heavy atom. The number of hydrogen-bond donors (Lipinski definition) is 0. The van der Waals surface area contributed by atoms with Crippen molar-refractivity contribution in [3.63, 3.8) is 0 Å². The van der Waals surface area contributed by atoms with E-state index in [1.165, 1.54) is 33.0 Å². The van der Waals surface area contributed by atoms with E-state index in [2.05, 4.69) is 138 Å². The van der Waals surface area contributed by atoms with Gasteiger partial charge in [0.1, 0.15) is 23.1 Å². The highest BCUT2D eigenvalue weighted by Crippen LogP contribution is 2.42. The van der Waals surface area contributed by atoms with Crippen LogP contribution in [0.1, 0.15) is 31.9 Å². The number of aromatic nitrogens is 4. The lowest BCUT2D eigenvalue weighted by atomic mass is 9.66. The highest BCUT2D eigenvalue weighted by atomic mass is 16.5. The highest BCUT2D eigenvalue weighted by molar-refractivity contribution is 6.78. The van der Waals surface area contributed by atoms with Crippen molar-refractivity contribution >= 4 is 39.9 Å². The van der Waals surface area contributed by atoms with Gasteiger partial charge in [-0.3, -0.25) is 4.57 Å². The van der Waals surface area contributed by atoms with E-state index in [1.807, 2.05) is 12.4 Å². The summed E-state index contributed by atoms with van der Waals surface area (Å²) in [5, 5.41) is 2.36. The molecule has 3 aromatic heterocycles. The Kier molecular flexibility index (Phi) is 5.22. The summed E-state index contributed by atoms with van der Waals surface area (Å²) in [5.74, 6) is 3.42. The van der Waals surface area contributed by atoms with Crippen molar-refractivity contribution in [2.24, 2.45) is 0 Å². The second-order valence-electron chi connectivity index (χ2n) is 12.8. The molecular weight excluding hydrogens is 541 g/mol. The first kappa shape index (κ1) is 25.2. The van der Waals surface area contributed by atoms with Gasteiger partial charge in [0.05, 0.1) is 11.0 Å². The number of pyridine rings is 1. The normalized spacial score (nSPS) is 13.6. The summed E-state index contributed by atoms with van der Waals surface area (Å²) in [5.41, 5.74) is 8.40. The van der Waals surface area contributed by atoms with Gasteiger partial charge in [-0.1, -0.05) is 63.2 Å². The van der Waals surface area contributed by atoms with Gasteiger partial charge < -0.3 is 14.0 Å². The first-order chi connectivity index (χ1) is 21.4. The van der Waals surface area contributed by atoms with Gasteiger partial charge in [-0.2, -0.15) is 0 Å². The van der Waals surface area contributed by atoms with Crippen LogP contribution in [0.4, 0.5) is 5.69 Å². The summed E-state index contributed by atoms with van der Waals surface area (Å²) in [4.78, 5) is 12.1. The molecule has 4 aromatic carbocycles. The van der Waals surface area contributed by atoms with Crippen LogP contribution in [0.2, 0.25) is 0 Å². The van der Waals surface area contributed by atoms with Crippen LogP contribution in [0.25, 0.3) is 39.0 Å². The lowest BCUT2D eigenvalue weighted by Crippen LogP contribution is -2.50. The molecule has 2 aliphatic heterocycles. The molecule has 5 heterocycles. The molecule has 7 heteroatoms. The molecule has 0 aliphatic carbocycles. The smallest absolute Gasteiger partial charge is 0.417 e. The first-order valence-electron chi connectivity index (χ1n) is 15.1. The number of fused-ring (bicyclic) bond motifs is 11. The predicted molar refractivity (Wildman–Crippen MR) is 178 cm³/mol. The Morgan fingerprint density at radius 3 is 2.45 bits per heavy atom. The standard InChI is InChI=1S/C37H30BN5O/c1-37(2,3)25-16-17-39-35(20-25)43-33-11-7-5-9-28(33)29-14-12-27(22-34(29)43)44-26-13-15-32-30(21-26)36-40-18-19-41(36)38-31-10-6-4-8-24(31)23-42(32)38/h4-22H,23H2,1-3H3. The molecule has 0 atom stereocenters. The zero-order valence-corrected chi connectivity index (χ0v) is 24.9. The Balaban J connectivity index is 1.14. The van der Waals surface area contributed by atoms with Crippen LogP contribution in [0.5, 0.6) is 11.5 Å². The second kappa shape index (κ2) is 9.10. The summed E-state index contributed by atoms with van der Waals surface area (Å²) in [6.45, 7) is 7.70. The summed E-state index contributed by atoms with van der Waals surface area (Å²) in [6, 6.07) is 34.3. The molecule has 0 amide bonds. The maximum atomic E-state index is 6.59. The van der Waals surface area contributed by atoms with Crippen LogP contribution < -0.4 is 15.0 Å². The molecule has 6 nitrogen and oxygen atoms in total. The zero-order chi connectivity index (χ0) is 29.6. The molecule has 2 aliphatic rings. The fraction of sp³-hybridized carbons (Fsp3) is 0.135. The minimum Gasteiger partial charge on any atom is -0.457 e. The number of hydrogen-bond acceptors (Lipinski definition) is 4. The average molecular weight is 571 g/mol. The van der Waals surface area contributed by atoms with Gasteiger partial charge in [0.2, 0.25) is 0 Å². The third kappa shape index (κ3) is 3.68. The molecule has 7 aromatic rings. The van der Waals surface area contributed by atoms with Gasteiger partial charge in [-0.05, 0) is 70.5 Å². The van der Waals surface area contributed by atoms with Crippen LogP contribution in [0, 0.1) is 0 Å². The van der Waals surface area contributed by atoms with E-state index in [9.17, 15) is 0 Å². The van der Waals surface area contributed by atoms with Crippen molar-refractivity contribution in [3.05, 3.63) is 127 Å². The number of ether oxygens (including phenoxy) is 1. The Hall–Kier alpha value is -5.30. The number of nitrogens with zero attached hydrogens (tertiary/aromatic N) is 5. The SMILES string of the molecule is CC(C)(C)c1ccnc(-n2c3ccccc3c3ccc(Oc4ccc5c(c4)-c4nccn4B4c6ccccc6CN45)cc32)c1. The number of anilines is 1. The Labute approximate surface area is 256 Å². The van der Waals surface area contributed by atoms with Crippen molar-refractivity contribution in [1.29, 1.82) is 0 Å². The van der Waals surface area contributed by atoms with Gasteiger partial charge in [-0.15, -0.1) is 0 Å². The second-order valence-corrected chi connectivity index (χ2v) is 12.8. The molecule has 0 saturated heterocycles. The number of imidazole rings is 1. The molecule has 44 heavy (non-hydrogen) atoms. The maximum absolute atomic E-state index is 6.59. The molecular formula is C37H30BN5O. The predicted octanol–water partition coefficient (Wildman–Crippen LogP) is 7.71. The number of benzene rings is 4. The topological polar surface area (TPSA) is 48.1 Å². The number of para-hydroxylation sites is 1. The molecule has 0 spiro atoms. The zero-order valence-electron chi connectivity index (χ0n) is 24.9. The molecule has 0 N–H and O–H groups in total. The lowest BCUT2D eigenvalue weighted by Gasteiger charge is -2.33. The summed E-state index contributed by atoms with van der Waals surface area (Å²) < 4.78 is 11.1. The fourth-order valence-corrected chi connectivity index (χ4v) is 7.02. The molecule has 9 rings (SSSR count). The van der Waals surface area contributed by atoms with E-state index in [1.54, 1.807) is 0 Å². The highest BCUT2D eigenvalue weighted by Gasteiger charge is 2.42. The van der Waals surface area contributed by atoms with Crippen LogP contribution in [-0.2, 0) is 12.0 Å². The molecule has 0 unspecified atom stereocenters. The van der Waals surface area contributed by atoms with Gasteiger partial charge >= 0.3 is 6.98 Å². The third-order valence-electron chi connectivity index (χ3n) is 9.14. The molecule has 212 valence electrons. The third-order valence-corrected chi connectivity index (χ3v) is 9.14. The monoisotopic (exact) mass is 571 g/mol. The van der Waals surface area contributed by atoms with E-state index in [4.69, 9.17) is 14.7 Å². The van der Waals surface area contributed by atoms with E-state index >= 15 is 0 Å². The van der Waals surface area contributed by atoms with Crippen LogP contribution in [-0.4, -0.2) is 26.0 Å². The molecule has 0 radical (unpaired) electrons. The van der Waals surface area contributed by atoms with Gasteiger partial charge in [0.25, 0.3) is 0 Å².